The molecule has 0 radical (unpaired) electrons. The quantitative estimate of drug-likeness (QED) is 0.142. The molecule has 0 atom stereocenters. The Morgan fingerprint density at radius 1 is 0.195 bits per heavy atom. The molecule has 0 N–H and O–H groups in total. The second kappa shape index (κ2) is 32.2. The number of benzene rings is 9. The van der Waals surface area contributed by atoms with Gasteiger partial charge in [-0.2, -0.15) is 0 Å². The fourth-order valence-corrected chi connectivity index (χ4v) is 17.3. The summed E-state index contributed by atoms with van der Waals surface area (Å²) in [6, 6.07) is 43.0. The van der Waals surface area contributed by atoms with E-state index in [1.807, 2.05) is 56.9 Å². The summed E-state index contributed by atoms with van der Waals surface area (Å²) in [4.78, 5) is 0. The molecule has 0 fully saturated rings. The van der Waals surface area contributed by atoms with Crippen LogP contribution in [0.2, 0.25) is 0 Å². The lowest BCUT2D eigenvalue weighted by Crippen LogP contribution is -2.19. The van der Waals surface area contributed by atoms with E-state index < -0.39 is 0 Å². The van der Waals surface area contributed by atoms with Gasteiger partial charge in [-0.15, -0.1) is 0 Å². The van der Waals surface area contributed by atoms with Crippen LogP contribution in [0.4, 0.5) is 0 Å². The van der Waals surface area contributed by atoms with E-state index in [0.29, 0.717) is 44.9 Å². The molecule has 1 aliphatic carbocycles. The largest absolute Gasteiger partial charge is 0.496 e. The zero-order valence-corrected chi connectivity index (χ0v) is 76.2. The zero-order valence-electron chi connectivity index (χ0n) is 76.2. The molecular weight excluding hydrogens is 1390 g/mol. The van der Waals surface area contributed by atoms with Crippen molar-refractivity contribution in [2.75, 3.05) is 56.9 Å². The summed E-state index contributed by atoms with van der Waals surface area (Å²) in [5.74, 6) is 6.40. The van der Waals surface area contributed by atoms with E-state index in [4.69, 9.17) is 37.9 Å². The molecule has 0 amide bonds. The molecule has 1 aliphatic rings. The average molecular weight is 1530 g/mol. The summed E-state index contributed by atoms with van der Waals surface area (Å²) < 4.78 is 55.4. The number of aryl methyl sites for hydroxylation is 3. The molecule has 0 aliphatic heterocycles. The van der Waals surface area contributed by atoms with E-state index in [1.165, 1.54) is 66.8 Å². The maximum atomic E-state index is 7.14. The van der Waals surface area contributed by atoms with Gasteiger partial charge in [0.25, 0.3) is 0 Å². The van der Waals surface area contributed by atoms with Crippen LogP contribution in [0.5, 0.6) is 46.0 Å². The van der Waals surface area contributed by atoms with Crippen LogP contribution < -0.4 is 37.9 Å². The van der Waals surface area contributed by atoms with Gasteiger partial charge in [0, 0.05) is 62.0 Å². The van der Waals surface area contributed by atoms with Gasteiger partial charge in [-0.25, -0.2) is 0 Å². The molecule has 0 spiro atoms. The number of ether oxygens (including phenoxy) is 8. The highest BCUT2D eigenvalue weighted by molar-refractivity contribution is 5.67. The highest BCUT2D eigenvalue weighted by Gasteiger charge is 2.37. The Balaban J connectivity index is 1.39. The molecule has 8 heteroatoms. The minimum Gasteiger partial charge on any atom is -0.496 e. The summed E-state index contributed by atoms with van der Waals surface area (Å²) in [5.41, 5.74) is 29.9. The molecule has 113 heavy (non-hydrogen) atoms. The fourth-order valence-electron chi connectivity index (χ4n) is 17.3. The summed E-state index contributed by atoms with van der Waals surface area (Å²) >= 11 is 0. The number of hydrogen-bond donors (Lipinski definition) is 0. The predicted molar refractivity (Wildman–Crippen MR) is 475 cm³/mol. The Labute approximate surface area is 682 Å². The van der Waals surface area contributed by atoms with Gasteiger partial charge in [0.2, 0.25) is 0 Å². The van der Waals surface area contributed by atoms with E-state index in [0.717, 1.165) is 135 Å². The molecule has 0 aromatic heterocycles. The van der Waals surface area contributed by atoms with Gasteiger partial charge >= 0.3 is 0 Å². The van der Waals surface area contributed by atoms with Gasteiger partial charge < -0.3 is 37.9 Å². The third kappa shape index (κ3) is 18.5. The molecule has 10 rings (SSSR count). The van der Waals surface area contributed by atoms with Gasteiger partial charge in [0.15, 0.2) is 0 Å². The first-order chi connectivity index (χ1) is 52.4. The molecule has 606 valence electrons. The normalized spacial score (nSPS) is 13.9. The van der Waals surface area contributed by atoms with Crippen molar-refractivity contribution in [2.45, 2.75) is 281 Å². The van der Waals surface area contributed by atoms with Crippen molar-refractivity contribution in [1.82, 2.24) is 0 Å². The van der Waals surface area contributed by atoms with E-state index in [2.05, 4.69) is 296 Å². The van der Waals surface area contributed by atoms with E-state index >= 15 is 0 Å². The van der Waals surface area contributed by atoms with Crippen LogP contribution in [0.3, 0.4) is 0 Å². The Bertz CT molecular complexity index is 4720. The maximum Gasteiger partial charge on any atom is 0.126 e. The van der Waals surface area contributed by atoms with Crippen molar-refractivity contribution in [3.63, 3.8) is 0 Å². The van der Waals surface area contributed by atoms with Crippen molar-refractivity contribution < 1.29 is 37.9 Å². The molecular formula is C105H138O8. The Kier molecular flexibility index (Phi) is 24.7. The monoisotopic (exact) mass is 1530 g/mol. The average Bonchev–Trinajstić information content (AvgIpc) is 0.738. The lowest BCUT2D eigenvalue weighted by atomic mass is 9.73. The van der Waals surface area contributed by atoms with Gasteiger partial charge in [0.05, 0.1) is 56.9 Å². The van der Waals surface area contributed by atoms with Crippen LogP contribution in [0, 0.1) is 20.8 Å². The van der Waals surface area contributed by atoms with Crippen LogP contribution in [-0.4, -0.2) is 56.9 Å². The molecule has 0 saturated heterocycles. The second-order valence-electron chi connectivity index (χ2n) is 41.0. The Morgan fingerprint density at radius 2 is 0.327 bits per heavy atom. The number of hydrogen-bond acceptors (Lipinski definition) is 8. The van der Waals surface area contributed by atoms with Crippen molar-refractivity contribution in [1.29, 1.82) is 0 Å². The third-order valence-corrected chi connectivity index (χ3v) is 23.7. The van der Waals surface area contributed by atoms with Gasteiger partial charge in [0.1, 0.15) is 46.0 Å². The highest BCUT2D eigenvalue weighted by atomic mass is 16.5. The number of methoxy groups -OCH3 is 8. The maximum absolute atomic E-state index is 7.14. The molecule has 0 saturated carbocycles. The van der Waals surface area contributed by atoms with E-state index in [1.54, 1.807) is 0 Å². The first-order valence-electron chi connectivity index (χ1n) is 41.1. The zero-order chi connectivity index (χ0) is 83.7. The van der Waals surface area contributed by atoms with Crippen LogP contribution >= 0.6 is 0 Å². The fraction of sp³-hybridized carbons (Fsp3) is 0.486. The van der Waals surface area contributed by atoms with Gasteiger partial charge in [-0.1, -0.05) is 281 Å². The molecule has 9 aromatic rings. The van der Waals surface area contributed by atoms with Crippen molar-refractivity contribution in [3.05, 3.63) is 265 Å². The summed E-state index contributed by atoms with van der Waals surface area (Å²) in [5, 5.41) is 0. The van der Waals surface area contributed by atoms with Gasteiger partial charge in [-0.3, -0.25) is 0 Å². The molecule has 0 unspecified atom stereocenters. The Hall–Kier alpha value is -8.62. The molecule has 8 nitrogen and oxygen atoms in total. The van der Waals surface area contributed by atoms with Gasteiger partial charge in [-0.05, 0) is 203 Å². The van der Waals surface area contributed by atoms with E-state index in [-0.39, 0.29) is 49.2 Å². The molecule has 16 bridgehead atoms. The van der Waals surface area contributed by atoms with Crippen LogP contribution in [0.15, 0.2) is 109 Å². The highest BCUT2D eigenvalue weighted by Crippen LogP contribution is 2.52. The Morgan fingerprint density at radius 3 is 0.460 bits per heavy atom. The smallest absolute Gasteiger partial charge is 0.126 e. The lowest BCUT2D eigenvalue weighted by Gasteiger charge is -2.32. The lowest BCUT2D eigenvalue weighted by molar-refractivity contribution is 0.393. The SMILES string of the molecule is COc1c2cc(C(C)(C)C)cc1Cc1cc(C(C)(C)C)cc(c1OC)Cc1cc(C(C)(C)C)cc(c1OC)Cc1cc(C(C)(C)C)cc(c1OC)C(c1c(C)cc(C)cc1C)c1cc(C(C)(C)C)cc(c1OC)Cc1cc(C(C)(C)C)cc(c1OC)Cc1cc(C(C)(C)C)cc(c1OC)Cc1cc(C(C)(C)C)cc(c1OC)C2. The van der Waals surface area contributed by atoms with Crippen LogP contribution in [0.1, 0.15) is 328 Å². The molecule has 9 aromatic carbocycles. The van der Waals surface area contributed by atoms with Crippen molar-refractivity contribution >= 4 is 0 Å². The van der Waals surface area contributed by atoms with Crippen molar-refractivity contribution in [3.8, 4) is 46.0 Å². The number of rotatable bonds is 9. The minimum atomic E-state index is -0.369. The molecule has 0 heterocycles. The first-order valence-corrected chi connectivity index (χ1v) is 41.1. The predicted octanol–water partition coefficient (Wildman–Crippen LogP) is 25.7. The topological polar surface area (TPSA) is 73.8 Å². The van der Waals surface area contributed by atoms with E-state index in [9.17, 15) is 0 Å². The van der Waals surface area contributed by atoms with Crippen LogP contribution in [-0.2, 0) is 88.3 Å². The van der Waals surface area contributed by atoms with Crippen LogP contribution in [0.25, 0.3) is 0 Å². The third-order valence-electron chi connectivity index (χ3n) is 23.7. The minimum absolute atomic E-state index is 0.218. The van der Waals surface area contributed by atoms with Crippen molar-refractivity contribution in [2.24, 2.45) is 0 Å². The second-order valence-corrected chi connectivity index (χ2v) is 41.0. The first kappa shape index (κ1) is 86.8. The number of fused-ring (bicyclic) bond motifs is 16. The standard InChI is InChI=1S/C105H138O8/c1-61-36-62(2)88(63(3)37-61)89-86-59-84(104(22,23)24)57-76(96(86)112-34)43-74-55-82(102(16,17)18)53-72(94(74)110-32)41-70-51-80(100(10,11)12)49-68(92(70)108-30)39-66-47-78(98(4,5)6)45-64(90(66)106-28)38-65-46-79(99(7,8)9)48-67(91(65)107-29)40-69-50-81(101(13,14)15)52-71(93(69)109-31)42-73-54-83(103(19,20)21)56-75(95(73)111-33)44-77-58-85(105(25,26)27)60-87(89)97(77)113-35/h36-37,45-60,89H,38-44H2,1-35H3. The summed E-state index contributed by atoms with van der Waals surface area (Å²) in [6.45, 7) is 62.5. The summed E-state index contributed by atoms with van der Waals surface area (Å²) in [7, 11) is 14.8. The summed E-state index contributed by atoms with van der Waals surface area (Å²) in [6.07, 6.45) is 3.80.